The van der Waals surface area contributed by atoms with Crippen LogP contribution in [0.4, 0.5) is 0 Å². The summed E-state index contributed by atoms with van der Waals surface area (Å²) in [7, 11) is -3.50. The number of nitrogens with one attached hydrogen (secondary N) is 1. The second kappa shape index (κ2) is 5.44. The molecule has 3 nitrogen and oxygen atoms in total. The van der Waals surface area contributed by atoms with Crippen molar-refractivity contribution < 1.29 is 8.42 Å². The van der Waals surface area contributed by atoms with Crippen LogP contribution in [-0.2, 0) is 10.0 Å². The zero-order valence-corrected chi connectivity index (χ0v) is 12.6. The van der Waals surface area contributed by atoms with Gasteiger partial charge in [0.15, 0.2) is 0 Å². The smallest absolute Gasteiger partial charge is 0.207 e. The van der Waals surface area contributed by atoms with Crippen molar-refractivity contribution >= 4 is 41.9 Å². The average molecular weight is 369 g/mol. The molecule has 1 N–H and O–H groups in total. The van der Waals surface area contributed by atoms with Crippen molar-refractivity contribution in [3.63, 3.8) is 0 Å². The van der Waals surface area contributed by atoms with Crippen molar-refractivity contribution in [2.24, 2.45) is 0 Å². The molecule has 0 aliphatic carbocycles. The van der Waals surface area contributed by atoms with Gasteiger partial charge in [-0.3, -0.25) is 0 Å². The lowest BCUT2D eigenvalue weighted by atomic mass is 10.4. The second-order valence-electron chi connectivity index (χ2n) is 3.36. The highest BCUT2D eigenvalue weighted by atomic mass is 79.9. The van der Waals surface area contributed by atoms with Crippen molar-refractivity contribution in [2.45, 2.75) is 11.8 Å². The normalized spacial score (nSPS) is 11.4. The SMILES string of the molecule is C=C(C)CNS(=O)(=O)c1cc(Br)ccc1Br. The molecule has 0 bridgehead atoms. The first-order chi connectivity index (χ1) is 7.33. The van der Waals surface area contributed by atoms with E-state index in [0.29, 0.717) is 8.95 Å². The maximum atomic E-state index is 11.9. The second-order valence-corrected chi connectivity index (χ2v) is 6.86. The zero-order chi connectivity index (χ0) is 12.3. The Hall–Kier alpha value is -0.170. The van der Waals surface area contributed by atoms with Gasteiger partial charge in [0.1, 0.15) is 0 Å². The molecule has 0 aliphatic rings. The quantitative estimate of drug-likeness (QED) is 0.830. The molecule has 0 heterocycles. The Bertz CT molecular complexity index is 512. The third-order valence-corrected chi connectivity index (χ3v) is 4.64. The van der Waals surface area contributed by atoms with Crippen LogP contribution in [0.15, 0.2) is 44.2 Å². The fourth-order valence-corrected chi connectivity index (χ4v) is 3.58. The van der Waals surface area contributed by atoms with E-state index in [1.807, 2.05) is 0 Å². The first-order valence-electron chi connectivity index (χ1n) is 4.42. The molecule has 0 fully saturated rings. The minimum Gasteiger partial charge on any atom is -0.207 e. The van der Waals surface area contributed by atoms with E-state index in [1.165, 1.54) is 0 Å². The number of rotatable bonds is 4. The van der Waals surface area contributed by atoms with Crippen LogP contribution in [0.1, 0.15) is 6.92 Å². The fourth-order valence-electron chi connectivity index (χ4n) is 0.979. The molecule has 88 valence electrons. The van der Waals surface area contributed by atoms with E-state index in [4.69, 9.17) is 0 Å². The van der Waals surface area contributed by atoms with Gasteiger partial charge in [0.05, 0.1) is 4.90 Å². The van der Waals surface area contributed by atoms with Gasteiger partial charge in [-0.15, -0.1) is 0 Å². The van der Waals surface area contributed by atoms with E-state index < -0.39 is 10.0 Å². The fraction of sp³-hybridized carbons (Fsp3) is 0.200. The highest BCUT2D eigenvalue weighted by Gasteiger charge is 2.17. The summed E-state index contributed by atoms with van der Waals surface area (Å²) in [6.45, 7) is 5.64. The van der Waals surface area contributed by atoms with Gasteiger partial charge in [0, 0.05) is 15.5 Å². The predicted octanol–water partition coefficient (Wildman–Crippen LogP) is 3.07. The first kappa shape index (κ1) is 13.9. The minimum atomic E-state index is -3.50. The summed E-state index contributed by atoms with van der Waals surface area (Å²) >= 11 is 6.45. The van der Waals surface area contributed by atoms with Gasteiger partial charge in [-0.25, -0.2) is 13.1 Å². The standard InChI is InChI=1S/C10H11Br2NO2S/c1-7(2)6-13-16(14,15)10-5-8(11)3-4-9(10)12/h3-5,13H,1,6H2,2H3. The van der Waals surface area contributed by atoms with Gasteiger partial charge < -0.3 is 0 Å². The van der Waals surface area contributed by atoms with Crippen LogP contribution >= 0.6 is 31.9 Å². The Balaban J connectivity index is 3.07. The molecule has 0 spiro atoms. The maximum Gasteiger partial charge on any atom is 0.242 e. The summed E-state index contributed by atoms with van der Waals surface area (Å²) in [5.74, 6) is 0. The lowest BCUT2D eigenvalue weighted by Gasteiger charge is -2.08. The Morgan fingerprint density at radius 2 is 2.06 bits per heavy atom. The molecular weight excluding hydrogens is 358 g/mol. The highest BCUT2D eigenvalue weighted by molar-refractivity contribution is 9.11. The van der Waals surface area contributed by atoms with Gasteiger partial charge in [0.2, 0.25) is 10.0 Å². The van der Waals surface area contributed by atoms with Crippen molar-refractivity contribution in [3.05, 3.63) is 39.3 Å². The molecule has 16 heavy (non-hydrogen) atoms. The highest BCUT2D eigenvalue weighted by Crippen LogP contribution is 2.25. The monoisotopic (exact) mass is 367 g/mol. The van der Waals surface area contributed by atoms with Gasteiger partial charge in [-0.1, -0.05) is 28.1 Å². The number of hydrogen-bond donors (Lipinski definition) is 1. The van der Waals surface area contributed by atoms with E-state index in [0.717, 1.165) is 5.57 Å². The maximum absolute atomic E-state index is 11.9. The first-order valence-corrected chi connectivity index (χ1v) is 7.49. The molecule has 0 unspecified atom stereocenters. The lowest BCUT2D eigenvalue weighted by molar-refractivity contribution is 0.584. The number of benzene rings is 1. The van der Waals surface area contributed by atoms with E-state index in [2.05, 4.69) is 43.2 Å². The third-order valence-electron chi connectivity index (χ3n) is 1.75. The molecular formula is C10H11Br2NO2S. The number of sulfonamides is 1. The van der Waals surface area contributed by atoms with Crippen LogP contribution in [0.25, 0.3) is 0 Å². The molecule has 0 saturated carbocycles. The predicted molar refractivity (Wildman–Crippen MR) is 71.8 cm³/mol. The molecule has 0 aromatic heterocycles. The van der Waals surface area contributed by atoms with Gasteiger partial charge in [0.25, 0.3) is 0 Å². The molecule has 0 saturated heterocycles. The van der Waals surface area contributed by atoms with Crippen molar-refractivity contribution in [1.29, 1.82) is 0 Å². The van der Waals surface area contributed by atoms with E-state index in [9.17, 15) is 8.42 Å². The van der Waals surface area contributed by atoms with Crippen molar-refractivity contribution in [3.8, 4) is 0 Å². The summed E-state index contributed by atoms with van der Waals surface area (Å²) in [5.41, 5.74) is 0.759. The Labute approximate surface area is 112 Å². The van der Waals surface area contributed by atoms with Crippen LogP contribution in [-0.4, -0.2) is 15.0 Å². The average Bonchev–Trinajstić information content (AvgIpc) is 2.19. The molecule has 0 amide bonds. The Morgan fingerprint density at radius 3 is 2.62 bits per heavy atom. The van der Waals surface area contributed by atoms with E-state index >= 15 is 0 Å². The Kier molecular flexibility index (Phi) is 4.73. The van der Waals surface area contributed by atoms with Crippen LogP contribution < -0.4 is 4.72 Å². The summed E-state index contributed by atoms with van der Waals surface area (Å²) in [4.78, 5) is 0.211. The van der Waals surface area contributed by atoms with Crippen molar-refractivity contribution in [2.75, 3.05) is 6.54 Å². The summed E-state index contributed by atoms with van der Waals surface area (Å²) in [5, 5.41) is 0. The summed E-state index contributed by atoms with van der Waals surface area (Å²) < 4.78 is 27.5. The largest absolute Gasteiger partial charge is 0.242 e. The van der Waals surface area contributed by atoms with Crippen LogP contribution in [0, 0.1) is 0 Å². The summed E-state index contributed by atoms with van der Waals surface area (Å²) in [6, 6.07) is 4.99. The van der Waals surface area contributed by atoms with Gasteiger partial charge in [-0.2, -0.15) is 0 Å². The Morgan fingerprint density at radius 1 is 1.44 bits per heavy atom. The molecule has 6 heteroatoms. The topological polar surface area (TPSA) is 46.2 Å². The summed E-state index contributed by atoms with van der Waals surface area (Å²) in [6.07, 6.45) is 0. The lowest BCUT2D eigenvalue weighted by Crippen LogP contribution is -2.25. The minimum absolute atomic E-state index is 0.211. The molecule has 0 aliphatic heterocycles. The van der Waals surface area contributed by atoms with Crippen LogP contribution in [0.3, 0.4) is 0 Å². The van der Waals surface area contributed by atoms with Gasteiger partial charge in [-0.05, 0) is 41.1 Å². The van der Waals surface area contributed by atoms with E-state index in [1.54, 1.807) is 25.1 Å². The van der Waals surface area contributed by atoms with Crippen LogP contribution in [0.5, 0.6) is 0 Å². The molecule has 1 aromatic rings. The van der Waals surface area contributed by atoms with Crippen LogP contribution in [0.2, 0.25) is 0 Å². The molecule has 1 rings (SSSR count). The third kappa shape index (κ3) is 3.69. The zero-order valence-electron chi connectivity index (χ0n) is 8.63. The van der Waals surface area contributed by atoms with Gasteiger partial charge >= 0.3 is 0 Å². The van der Waals surface area contributed by atoms with E-state index in [-0.39, 0.29) is 11.4 Å². The molecule has 0 radical (unpaired) electrons. The number of halogens is 2. The molecule has 0 atom stereocenters. The van der Waals surface area contributed by atoms with Crippen molar-refractivity contribution in [1.82, 2.24) is 4.72 Å². The molecule has 1 aromatic carbocycles. The number of hydrogen-bond acceptors (Lipinski definition) is 2.